The lowest BCUT2D eigenvalue weighted by molar-refractivity contribution is 0.210. The highest BCUT2D eigenvalue weighted by Gasteiger charge is 2.22. The number of rotatable bonds is 2. The van der Waals surface area contributed by atoms with Crippen LogP contribution in [0, 0.1) is 6.92 Å². The minimum atomic E-state index is -0.0944. The maximum atomic E-state index is 12.5. The summed E-state index contributed by atoms with van der Waals surface area (Å²) in [7, 11) is 4.19. The van der Waals surface area contributed by atoms with Gasteiger partial charge >= 0.3 is 6.03 Å². The lowest BCUT2D eigenvalue weighted by atomic mass is 10.1. The second kappa shape index (κ2) is 7.53. The number of halogens is 2. The third-order valence-corrected chi connectivity index (χ3v) is 5.17. The van der Waals surface area contributed by atoms with E-state index in [-0.39, 0.29) is 6.03 Å². The van der Waals surface area contributed by atoms with Crippen molar-refractivity contribution in [2.24, 2.45) is 0 Å². The van der Waals surface area contributed by atoms with E-state index in [9.17, 15) is 4.79 Å². The standard InChI is InChI=1S/C16H23Cl2N3O/c1-11-13(17)6-7-14(15(11)18)19-16(22)21-9-4-5-12(8-10-21)20(2)3/h6-7,12H,4-5,8-10H2,1-3H3,(H,19,22). The molecule has 1 saturated heterocycles. The van der Waals surface area contributed by atoms with Crippen LogP contribution in [0.3, 0.4) is 0 Å². The highest BCUT2D eigenvalue weighted by Crippen LogP contribution is 2.31. The van der Waals surface area contributed by atoms with E-state index in [1.54, 1.807) is 12.1 Å². The fraction of sp³-hybridized carbons (Fsp3) is 0.562. The lowest BCUT2D eigenvalue weighted by Gasteiger charge is -2.24. The third-order valence-electron chi connectivity index (χ3n) is 4.28. The number of likely N-dealkylation sites (tertiary alicyclic amines) is 1. The molecule has 1 heterocycles. The molecule has 0 bridgehead atoms. The molecule has 2 rings (SSSR count). The van der Waals surface area contributed by atoms with Crippen LogP contribution in [-0.4, -0.2) is 49.1 Å². The van der Waals surface area contributed by atoms with Crippen molar-refractivity contribution in [1.29, 1.82) is 0 Å². The van der Waals surface area contributed by atoms with Crippen LogP contribution >= 0.6 is 23.2 Å². The van der Waals surface area contributed by atoms with E-state index in [1.165, 1.54) is 0 Å². The number of amides is 2. The Labute approximate surface area is 142 Å². The molecule has 1 aliphatic heterocycles. The van der Waals surface area contributed by atoms with Gasteiger partial charge in [-0.2, -0.15) is 0 Å². The molecule has 2 amide bonds. The number of benzene rings is 1. The van der Waals surface area contributed by atoms with Crippen molar-refractivity contribution in [3.8, 4) is 0 Å². The molecule has 1 fully saturated rings. The smallest absolute Gasteiger partial charge is 0.321 e. The quantitative estimate of drug-likeness (QED) is 0.871. The zero-order valence-electron chi connectivity index (χ0n) is 13.3. The average molecular weight is 344 g/mol. The summed E-state index contributed by atoms with van der Waals surface area (Å²) in [6.07, 6.45) is 3.13. The Morgan fingerprint density at radius 3 is 2.68 bits per heavy atom. The zero-order chi connectivity index (χ0) is 16.3. The van der Waals surface area contributed by atoms with E-state index in [0.717, 1.165) is 37.9 Å². The molecule has 4 nitrogen and oxygen atoms in total. The third kappa shape index (κ3) is 4.06. The largest absolute Gasteiger partial charge is 0.324 e. The Balaban J connectivity index is 2.02. The second-order valence-electron chi connectivity index (χ2n) is 6.00. The highest BCUT2D eigenvalue weighted by atomic mass is 35.5. The van der Waals surface area contributed by atoms with Gasteiger partial charge in [-0.15, -0.1) is 0 Å². The molecular formula is C16H23Cl2N3O. The summed E-state index contributed by atoms with van der Waals surface area (Å²) in [4.78, 5) is 16.6. The Bertz CT molecular complexity index is 548. The van der Waals surface area contributed by atoms with Crippen molar-refractivity contribution in [1.82, 2.24) is 9.80 Å². The molecule has 0 aromatic heterocycles. The molecule has 0 spiro atoms. The molecule has 1 unspecified atom stereocenters. The lowest BCUT2D eigenvalue weighted by Crippen LogP contribution is -2.36. The van der Waals surface area contributed by atoms with Crippen LogP contribution in [0.4, 0.5) is 10.5 Å². The molecule has 1 aliphatic rings. The Morgan fingerprint density at radius 2 is 2.00 bits per heavy atom. The summed E-state index contributed by atoms with van der Waals surface area (Å²) >= 11 is 12.3. The number of carbonyl (C=O) groups excluding carboxylic acids is 1. The van der Waals surface area contributed by atoms with Gasteiger partial charge in [0.2, 0.25) is 0 Å². The van der Waals surface area contributed by atoms with Crippen molar-refractivity contribution in [2.75, 3.05) is 32.5 Å². The first kappa shape index (κ1) is 17.4. The SMILES string of the molecule is Cc1c(Cl)ccc(NC(=O)N2CCCC(N(C)C)CC2)c1Cl. The minimum Gasteiger partial charge on any atom is -0.324 e. The summed E-state index contributed by atoms with van der Waals surface area (Å²) in [5, 5.41) is 4.01. The first-order valence-electron chi connectivity index (χ1n) is 7.57. The van der Waals surface area contributed by atoms with E-state index < -0.39 is 0 Å². The zero-order valence-corrected chi connectivity index (χ0v) is 14.8. The summed E-state index contributed by atoms with van der Waals surface area (Å²) in [6, 6.07) is 3.95. The van der Waals surface area contributed by atoms with Crippen LogP contribution in [0.25, 0.3) is 0 Å². The molecule has 22 heavy (non-hydrogen) atoms. The van der Waals surface area contributed by atoms with Crippen LogP contribution in [-0.2, 0) is 0 Å². The first-order valence-corrected chi connectivity index (χ1v) is 8.32. The van der Waals surface area contributed by atoms with Crippen molar-refractivity contribution in [2.45, 2.75) is 32.2 Å². The second-order valence-corrected chi connectivity index (χ2v) is 6.78. The number of anilines is 1. The molecule has 6 heteroatoms. The molecule has 0 saturated carbocycles. The van der Waals surface area contributed by atoms with Crippen LogP contribution in [0.1, 0.15) is 24.8 Å². The first-order chi connectivity index (χ1) is 10.4. The van der Waals surface area contributed by atoms with E-state index in [2.05, 4.69) is 24.3 Å². The fourth-order valence-electron chi connectivity index (χ4n) is 2.75. The maximum Gasteiger partial charge on any atom is 0.321 e. The molecular weight excluding hydrogens is 321 g/mol. The van der Waals surface area contributed by atoms with Gasteiger partial charge in [-0.3, -0.25) is 0 Å². The van der Waals surface area contributed by atoms with Gasteiger partial charge in [-0.1, -0.05) is 23.2 Å². The summed E-state index contributed by atoms with van der Waals surface area (Å²) < 4.78 is 0. The van der Waals surface area contributed by atoms with E-state index in [0.29, 0.717) is 21.8 Å². The molecule has 0 aliphatic carbocycles. The average Bonchev–Trinajstić information content (AvgIpc) is 2.74. The fourth-order valence-corrected chi connectivity index (χ4v) is 3.17. The predicted molar refractivity (Wildman–Crippen MR) is 93.1 cm³/mol. The Morgan fingerprint density at radius 1 is 1.27 bits per heavy atom. The molecule has 0 radical (unpaired) electrons. The molecule has 1 atom stereocenters. The number of hydrogen-bond donors (Lipinski definition) is 1. The van der Waals surface area contributed by atoms with Crippen molar-refractivity contribution in [3.05, 3.63) is 27.7 Å². The molecule has 1 N–H and O–H groups in total. The topological polar surface area (TPSA) is 35.6 Å². The summed E-state index contributed by atoms with van der Waals surface area (Å²) in [5.41, 5.74) is 1.40. The Kier molecular flexibility index (Phi) is 5.95. The monoisotopic (exact) mass is 343 g/mol. The summed E-state index contributed by atoms with van der Waals surface area (Å²) in [6.45, 7) is 3.38. The van der Waals surface area contributed by atoms with Crippen LogP contribution < -0.4 is 5.32 Å². The van der Waals surface area contributed by atoms with Gasteiger partial charge in [-0.25, -0.2) is 4.79 Å². The van der Waals surface area contributed by atoms with E-state index >= 15 is 0 Å². The van der Waals surface area contributed by atoms with E-state index in [1.807, 2.05) is 11.8 Å². The number of nitrogens with zero attached hydrogens (tertiary/aromatic N) is 2. The predicted octanol–water partition coefficient (Wildman–Crippen LogP) is 4.25. The van der Waals surface area contributed by atoms with Crippen molar-refractivity contribution >= 4 is 34.9 Å². The van der Waals surface area contributed by atoms with Gasteiger partial charge in [0.25, 0.3) is 0 Å². The normalized spacial score (nSPS) is 19.2. The highest BCUT2D eigenvalue weighted by molar-refractivity contribution is 6.38. The van der Waals surface area contributed by atoms with Gasteiger partial charge in [0.1, 0.15) is 0 Å². The van der Waals surface area contributed by atoms with Gasteiger partial charge < -0.3 is 15.1 Å². The van der Waals surface area contributed by atoms with Gasteiger partial charge in [-0.05, 0) is 58.0 Å². The van der Waals surface area contributed by atoms with Crippen molar-refractivity contribution in [3.63, 3.8) is 0 Å². The number of nitrogens with one attached hydrogen (secondary N) is 1. The van der Waals surface area contributed by atoms with E-state index in [4.69, 9.17) is 23.2 Å². The number of carbonyl (C=O) groups is 1. The minimum absolute atomic E-state index is 0.0944. The number of hydrogen-bond acceptors (Lipinski definition) is 2. The van der Waals surface area contributed by atoms with Crippen LogP contribution in [0.5, 0.6) is 0 Å². The van der Waals surface area contributed by atoms with Gasteiger partial charge in [0.15, 0.2) is 0 Å². The molecule has 122 valence electrons. The Hall–Kier alpha value is -0.970. The maximum absolute atomic E-state index is 12.5. The molecule has 1 aromatic rings. The van der Waals surface area contributed by atoms with Gasteiger partial charge in [0.05, 0.1) is 10.7 Å². The number of urea groups is 1. The van der Waals surface area contributed by atoms with Crippen LogP contribution in [0.2, 0.25) is 10.0 Å². The molecule has 1 aromatic carbocycles. The van der Waals surface area contributed by atoms with Crippen molar-refractivity contribution < 1.29 is 4.79 Å². The van der Waals surface area contributed by atoms with Crippen LogP contribution in [0.15, 0.2) is 12.1 Å². The van der Waals surface area contributed by atoms with Gasteiger partial charge in [0, 0.05) is 24.2 Å². The summed E-state index contributed by atoms with van der Waals surface area (Å²) in [5.74, 6) is 0.